The molecule has 0 saturated heterocycles. The summed E-state index contributed by atoms with van der Waals surface area (Å²) >= 11 is 0. The molecule has 2 atom stereocenters. The molecule has 1 aromatic rings. The van der Waals surface area contributed by atoms with E-state index in [0.29, 0.717) is 6.20 Å². The van der Waals surface area contributed by atoms with E-state index in [0.717, 1.165) is 6.07 Å². The van der Waals surface area contributed by atoms with Crippen molar-refractivity contribution < 1.29 is 23.8 Å². The van der Waals surface area contributed by atoms with Gasteiger partial charge >= 0.3 is 17.5 Å². The first kappa shape index (κ1) is 16.5. The normalized spacial score (nSPS) is 14.1. The molecule has 0 unspecified atom stereocenters. The Kier molecular flexibility index (Phi) is 4.92. The molecule has 0 radical (unpaired) electrons. The molecule has 0 spiro atoms. The van der Waals surface area contributed by atoms with Crippen LogP contribution in [0.1, 0.15) is 4.79 Å². The molecule has 114 valence electrons. The molecule has 0 fully saturated rings. The summed E-state index contributed by atoms with van der Waals surface area (Å²) in [6.45, 7) is -1.18. The lowest BCUT2D eigenvalue weighted by molar-refractivity contribution is -0.0572. The summed E-state index contributed by atoms with van der Waals surface area (Å²) in [5.74, 6) is -6.81. The number of aromatic nitrogens is 2. The summed E-state index contributed by atoms with van der Waals surface area (Å²) in [5, 5.41) is 20.5. The molecule has 0 saturated carbocycles. The first-order valence-electron chi connectivity index (χ1n) is 5.36. The van der Waals surface area contributed by atoms with E-state index in [1.807, 2.05) is 0 Å². The average molecular weight is 304 g/mol. The highest BCUT2D eigenvalue weighted by atomic mass is 19.3. The highest BCUT2D eigenvalue weighted by molar-refractivity contribution is 5.86. The van der Waals surface area contributed by atoms with Gasteiger partial charge < -0.3 is 15.9 Å². The molecule has 0 aliphatic rings. The van der Waals surface area contributed by atoms with Gasteiger partial charge in [-0.2, -0.15) is 13.8 Å². The van der Waals surface area contributed by atoms with Gasteiger partial charge in [0, 0.05) is 11.1 Å². The maximum atomic E-state index is 14.0. The number of nitrogens with two attached hydrogens (primary N) is 1. The lowest BCUT2D eigenvalue weighted by Gasteiger charge is -2.24. The number of aliphatic hydroxyl groups excluding tert-OH is 2. The number of carbonyl (C=O) groups is 1. The van der Waals surface area contributed by atoms with E-state index in [1.54, 1.807) is 0 Å². The Morgan fingerprint density at radius 2 is 2.29 bits per heavy atom. The fourth-order valence-corrected chi connectivity index (χ4v) is 1.40. The molecular formula is C9H10F2N6O4. The molecule has 1 heterocycles. The van der Waals surface area contributed by atoms with Gasteiger partial charge in [0.05, 0.1) is 12.7 Å². The van der Waals surface area contributed by atoms with E-state index in [9.17, 15) is 23.5 Å². The molecule has 4 N–H and O–H groups in total. The second-order valence-corrected chi connectivity index (χ2v) is 3.83. The zero-order valence-corrected chi connectivity index (χ0v) is 10.3. The van der Waals surface area contributed by atoms with E-state index in [4.69, 9.17) is 16.4 Å². The third-order valence-corrected chi connectivity index (χ3v) is 2.43. The van der Waals surface area contributed by atoms with Crippen LogP contribution >= 0.6 is 0 Å². The number of azide groups is 1. The summed E-state index contributed by atoms with van der Waals surface area (Å²) in [7, 11) is 0. The number of rotatable bonds is 5. The van der Waals surface area contributed by atoms with Crippen LogP contribution in [0.2, 0.25) is 0 Å². The Morgan fingerprint density at radius 1 is 1.67 bits per heavy atom. The molecule has 0 bridgehead atoms. The first-order chi connectivity index (χ1) is 9.75. The molecule has 12 heteroatoms. The highest BCUT2D eigenvalue weighted by Crippen LogP contribution is 2.26. The summed E-state index contributed by atoms with van der Waals surface area (Å²) in [5.41, 5.74) is 12.0. The minimum Gasteiger partial charge on any atom is -0.394 e. The van der Waals surface area contributed by atoms with Crippen LogP contribution < -0.4 is 11.4 Å². The summed E-state index contributed by atoms with van der Waals surface area (Å²) < 4.78 is 27.9. The quantitative estimate of drug-likeness (QED) is 0.363. The van der Waals surface area contributed by atoms with Gasteiger partial charge in [-0.15, -0.1) is 0 Å². The van der Waals surface area contributed by atoms with Gasteiger partial charge in [-0.05, 0) is 11.6 Å². The highest BCUT2D eigenvalue weighted by Gasteiger charge is 2.51. The van der Waals surface area contributed by atoms with Crippen LogP contribution in [0.4, 0.5) is 14.6 Å². The third-order valence-electron chi connectivity index (χ3n) is 2.43. The maximum absolute atomic E-state index is 14.0. The number of aliphatic hydroxyl groups is 2. The van der Waals surface area contributed by atoms with E-state index in [2.05, 4.69) is 15.0 Å². The molecule has 0 aromatic carbocycles. The van der Waals surface area contributed by atoms with Crippen molar-refractivity contribution in [3.05, 3.63) is 33.2 Å². The van der Waals surface area contributed by atoms with Crippen LogP contribution in [-0.4, -0.2) is 50.3 Å². The van der Waals surface area contributed by atoms with Crippen LogP contribution in [0.15, 0.2) is 22.2 Å². The molecule has 1 rings (SSSR count). The number of alkyl halides is 2. The van der Waals surface area contributed by atoms with Crippen molar-refractivity contribution in [3.8, 4) is 0 Å². The number of hydrogen-bond donors (Lipinski definition) is 3. The predicted molar refractivity (Wildman–Crippen MR) is 64.5 cm³/mol. The Morgan fingerprint density at radius 3 is 2.76 bits per heavy atom. The zero-order valence-electron chi connectivity index (χ0n) is 10.3. The first-order valence-corrected chi connectivity index (χ1v) is 5.36. The van der Waals surface area contributed by atoms with E-state index in [-0.39, 0.29) is 10.4 Å². The summed E-state index contributed by atoms with van der Waals surface area (Å²) in [6.07, 6.45) is -1.53. The lowest BCUT2D eigenvalue weighted by atomic mass is 10.0. The number of anilines is 1. The number of nitrogens with zero attached hydrogens (tertiary/aromatic N) is 5. The Hall–Kier alpha value is -2.56. The zero-order chi connectivity index (χ0) is 16.2. The van der Waals surface area contributed by atoms with Gasteiger partial charge in [-0.1, -0.05) is 5.11 Å². The average Bonchev–Trinajstić information content (AvgIpc) is 2.43. The molecule has 1 aromatic heterocycles. The van der Waals surface area contributed by atoms with Gasteiger partial charge in [-0.25, -0.2) is 9.36 Å². The van der Waals surface area contributed by atoms with Gasteiger partial charge in [0.1, 0.15) is 11.9 Å². The molecule has 0 amide bonds. The smallest absolute Gasteiger partial charge is 0.356 e. The van der Waals surface area contributed by atoms with Crippen molar-refractivity contribution in [1.29, 1.82) is 0 Å². The van der Waals surface area contributed by atoms with E-state index in [1.165, 1.54) is 0 Å². The van der Waals surface area contributed by atoms with Crippen LogP contribution in [0.3, 0.4) is 0 Å². The van der Waals surface area contributed by atoms with Crippen molar-refractivity contribution in [2.45, 2.75) is 18.1 Å². The van der Waals surface area contributed by atoms with Crippen molar-refractivity contribution in [2.75, 3.05) is 12.3 Å². The molecule has 10 nitrogen and oxygen atoms in total. The monoisotopic (exact) mass is 304 g/mol. The molecule has 0 aliphatic carbocycles. The molecular weight excluding hydrogens is 294 g/mol. The van der Waals surface area contributed by atoms with Crippen molar-refractivity contribution in [1.82, 2.24) is 9.55 Å². The fourth-order valence-electron chi connectivity index (χ4n) is 1.40. The van der Waals surface area contributed by atoms with Gasteiger partial charge in [0.2, 0.25) is 0 Å². The summed E-state index contributed by atoms with van der Waals surface area (Å²) in [6, 6.07) is -1.66. The Balaban J connectivity index is 3.29. The standard InChI is InChI=1S/C9H10F2N6O4/c10-9(11,6(15-16-13)4(19)3-18)7(20)17-2-1-5(12)14-8(17)21/h1-2,4,6,18-19H,3H2,(H2,12,14,21)/t4-,6+/m1/s1. The number of nitrogen functional groups attached to an aromatic ring is 1. The SMILES string of the molecule is [N-]=[N+]=N[C@@H]([C@H](O)CO)C(F)(F)C(=O)n1ccc(N)nc1=O. The lowest BCUT2D eigenvalue weighted by Crippen LogP contribution is -2.52. The predicted octanol–water partition coefficient (Wildman–Crippen LogP) is -0.867. The fraction of sp³-hybridized carbons (Fsp3) is 0.444. The van der Waals surface area contributed by atoms with Crippen molar-refractivity contribution in [3.63, 3.8) is 0 Å². The third kappa shape index (κ3) is 3.31. The minimum absolute atomic E-state index is 0.0413. The van der Waals surface area contributed by atoms with Crippen LogP contribution in [0.25, 0.3) is 10.4 Å². The molecule has 21 heavy (non-hydrogen) atoms. The number of carbonyl (C=O) groups excluding carboxylic acids is 1. The molecule has 0 aliphatic heterocycles. The van der Waals surface area contributed by atoms with E-state index >= 15 is 0 Å². The van der Waals surface area contributed by atoms with Crippen LogP contribution in [-0.2, 0) is 0 Å². The van der Waals surface area contributed by atoms with Gasteiger partial charge in [0.15, 0.2) is 0 Å². The van der Waals surface area contributed by atoms with Gasteiger partial charge in [-0.3, -0.25) is 4.79 Å². The maximum Gasteiger partial charge on any atom is 0.356 e. The van der Waals surface area contributed by atoms with Crippen molar-refractivity contribution >= 4 is 11.7 Å². The summed E-state index contributed by atoms with van der Waals surface area (Å²) in [4.78, 5) is 28.2. The van der Waals surface area contributed by atoms with Gasteiger partial charge in [0.25, 0.3) is 0 Å². The second-order valence-electron chi connectivity index (χ2n) is 3.83. The van der Waals surface area contributed by atoms with Crippen molar-refractivity contribution in [2.24, 2.45) is 5.11 Å². The Bertz CT molecular complexity index is 641. The largest absolute Gasteiger partial charge is 0.394 e. The topological polar surface area (TPSA) is 167 Å². The second kappa shape index (κ2) is 6.26. The van der Waals surface area contributed by atoms with Crippen LogP contribution in [0, 0.1) is 0 Å². The minimum atomic E-state index is -4.45. The number of hydrogen-bond acceptors (Lipinski definition) is 7. The van der Waals surface area contributed by atoms with E-state index < -0.39 is 36.3 Å². The Labute approximate surface area is 115 Å². The number of halogens is 2. The van der Waals surface area contributed by atoms with Crippen LogP contribution in [0.5, 0.6) is 0 Å².